The highest BCUT2D eigenvalue weighted by molar-refractivity contribution is 6.74. The van der Waals surface area contributed by atoms with Gasteiger partial charge in [0.15, 0.2) is 0 Å². The Bertz CT molecular complexity index is 212. The molecule has 0 aliphatic heterocycles. The highest BCUT2D eigenvalue weighted by atomic mass is 28.4. The average Bonchev–Trinajstić information content (AvgIpc) is 2.16. The molecule has 0 aliphatic rings. The summed E-state index contributed by atoms with van der Waals surface area (Å²) in [7, 11) is -1.65. The fourth-order valence-electron chi connectivity index (χ4n) is 1.01. The van der Waals surface area contributed by atoms with Crippen molar-refractivity contribution < 1.29 is 9.53 Å². The predicted molar refractivity (Wildman–Crippen MR) is 72.9 cm³/mol. The molecular formula is C13H28O2Si. The molecule has 0 aliphatic carbocycles. The van der Waals surface area contributed by atoms with Gasteiger partial charge in [-0.25, -0.2) is 0 Å². The first-order chi connectivity index (χ1) is 7.24. The Morgan fingerprint density at radius 3 is 2.25 bits per heavy atom. The highest BCUT2D eigenvalue weighted by Crippen LogP contribution is 2.36. The van der Waals surface area contributed by atoms with Gasteiger partial charge in [-0.2, -0.15) is 0 Å². The van der Waals surface area contributed by atoms with Gasteiger partial charge in [0, 0.05) is 6.61 Å². The molecular weight excluding hydrogens is 216 g/mol. The van der Waals surface area contributed by atoms with E-state index in [4.69, 9.17) is 9.53 Å². The molecule has 0 rings (SSSR count). The van der Waals surface area contributed by atoms with Gasteiger partial charge in [0.25, 0.3) is 0 Å². The molecule has 1 unspecified atom stereocenters. The average molecular weight is 244 g/mol. The maximum Gasteiger partial charge on any atom is 0.249 e. The molecule has 0 radical (unpaired) electrons. The van der Waals surface area contributed by atoms with Crippen molar-refractivity contribution in [1.82, 2.24) is 0 Å². The smallest absolute Gasteiger partial charge is 0.249 e. The Morgan fingerprint density at radius 2 is 1.88 bits per heavy atom. The van der Waals surface area contributed by atoms with Gasteiger partial charge in [0.2, 0.25) is 8.32 Å². The molecule has 16 heavy (non-hydrogen) atoms. The Balaban J connectivity index is 4.10. The van der Waals surface area contributed by atoms with Crippen LogP contribution >= 0.6 is 0 Å². The summed E-state index contributed by atoms with van der Waals surface area (Å²) in [6, 6.07) is 0. The molecule has 1 N–H and O–H groups in total. The van der Waals surface area contributed by atoms with Gasteiger partial charge in [-0.15, -0.1) is 0 Å². The summed E-state index contributed by atoms with van der Waals surface area (Å²) in [5.41, 5.74) is 0. The second kappa shape index (κ2) is 6.45. The second-order valence-electron chi connectivity index (χ2n) is 5.94. The van der Waals surface area contributed by atoms with Gasteiger partial charge >= 0.3 is 0 Å². The largest absolute Gasteiger partial charge is 0.549 e. The fourth-order valence-corrected chi connectivity index (χ4v) is 1.80. The normalized spacial score (nSPS) is 15.4. The Labute approximate surface area is 102 Å². The standard InChI is InChI=1S/C13H28O2Si/c1-7-12(11-14)9-8-10-15-16(5,6)13(2,3)4/h8,10,12,14H,7,9,11H2,1-6H3/b10-8+. The molecule has 0 bridgehead atoms. The van der Waals surface area contributed by atoms with Crippen molar-refractivity contribution in [2.24, 2.45) is 5.92 Å². The first kappa shape index (κ1) is 15.7. The zero-order valence-electron chi connectivity index (χ0n) is 11.7. The molecule has 0 aromatic rings. The zero-order chi connectivity index (χ0) is 12.8. The van der Waals surface area contributed by atoms with E-state index in [-0.39, 0.29) is 11.6 Å². The van der Waals surface area contributed by atoms with E-state index in [1.165, 1.54) is 0 Å². The van der Waals surface area contributed by atoms with Gasteiger partial charge in [-0.1, -0.05) is 40.2 Å². The summed E-state index contributed by atoms with van der Waals surface area (Å²) in [5, 5.41) is 9.30. The van der Waals surface area contributed by atoms with Crippen LogP contribution in [0, 0.1) is 5.92 Å². The molecule has 0 amide bonds. The molecule has 0 aromatic carbocycles. The van der Waals surface area contributed by atoms with Crippen LogP contribution in [0.5, 0.6) is 0 Å². The van der Waals surface area contributed by atoms with Crippen molar-refractivity contribution in [2.45, 2.75) is 58.7 Å². The van der Waals surface area contributed by atoms with Gasteiger partial charge in [0.05, 0.1) is 6.26 Å². The second-order valence-corrected chi connectivity index (χ2v) is 10.7. The van der Waals surface area contributed by atoms with Crippen LogP contribution in [0.2, 0.25) is 18.1 Å². The third-order valence-corrected chi connectivity index (χ3v) is 7.91. The molecule has 0 aromatic heterocycles. The highest BCUT2D eigenvalue weighted by Gasteiger charge is 2.37. The van der Waals surface area contributed by atoms with E-state index in [0.29, 0.717) is 5.92 Å². The van der Waals surface area contributed by atoms with Crippen molar-refractivity contribution in [3.05, 3.63) is 12.3 Å². The van der Waals surface area contributed by atoms with Crippen LogP contribution in [0.3, 0.4) is 0 Å². The maximum atomic E-state index is 9.05. The quantitative estimate of drug-likeness (QED) is 0.566. The topological polar surface area (TPSA) is 29.5 Å². The number of aliphatic hydroxyl groups excluding tert-OH is 1. The molecule has 0 heterocycles. The summed E-state index contributed by atoms with van der Waals surface area (Å²) >= 11 is 0. The first-order valence-corrected chi connectivity index (χ1v) is 9.09. The minimum atomic E-state index is -1.65. The van der Waals surface area contributed by atoms with Crippen LogP contribution in [-0.4, -0.2) is 20.0 Å². The summed E-state index contributed by atoms with van der Waals surface area (Å²) < 4.78 is 5.91. The Kier molecular flexibility index (Phi) is 6.34. The third kappa shape index (κ3) is 5.17. The molecule has 2 nitrogen and oxygen atoms in total. The minimum Gasteiger partial charge on any atom is -0.549 e. The monoisotopic (exact) mass is 244 g/mol. The lowest BCUT2D eigenvalue weighted by molar-refractivity contribution is 0.223. The van der Waals surface area contributed by atoms with Crippen molar-refractivity contribution in [2.75, 3.05) is 6.61 Å². The fraction of sp³-hybridized carbons (Fsp3) is 0.846. The van der Waals surface area contributed by atoms with Crippen molar-refractivity contribution in [3.63, 3.8) is 0 Å². The molecule has 0 saturated carbocycles. The van der Waals surface area contributed by atoms with Crippen LogP contribution in [0.1, 0.15) is 40.5 Å². The summed E-state index contributed by atoms with van der Waals surface area (Å²) in [5.74, 6) is 0.374. The van der Waals surface area contributed by atoms with E-state index in [2.05, 4.69) is 40.8 Å². The first-order valence-electron chi connectivity index (χ1n) is 6.18. The Hall–Kier alpha value is -0.283. The van der Waals surface area contributed by atoms with Gasteiger partial charge in [-0.3, -0.25) is 0 Å². The minimum absolute atomic E-state index is 0.248. The van der Waals surface area contributed by atoms with E-state index < -0.39 is 8.32 Å². The van der Waals surface area contributed by atoms with E-state index >= 15 is 0 Å². The van der Waals surface area contributed by atoms with Gasteiger partial charge in [-0.05, 0) is 30.5 Å². The molecule has 0 saturated heterocycles. The number of allylic oxidation sites excluding steroid dienone is 1. The predicted octanol–water partition coefficient (Wildman–Crippen LogP) is 3.93. The van der Waals surface area contributed by atoms with Crippen LogP contribution in [0.4, 0.5) is 0 Å². The summed E-state index contributed by atoms with van der Waals surface area (Å²) in [4.78, 5) is 0. The number of hydrogen-bond donors (Lipinski definition) is 1. The summed E-state index contributed by atoms with van der Waals surface area (Å²) in [6.07, 6.45) is 5.81. The number of hydrogen-bond acceptors (Lipinski definition) is 2. The van der Waals surface area contributed by atoms with Crippen LogP contribution in [-0.2, 0) is 4.43 Å². The zero-order valence-corrected chi connectivity index (χ0v) is 12.7. The molecule has 0 spiro atoms. The Morgan fingerprint density at radius 1 is 1.31 bits per heavy atom. The maximum absolute atomic E-state index is 9.05. The molecule has 3 heteroatoms. The lowest BCUT2D eigenvalue weighted by atomic mass is 10.0. The van der Waals surface area contributed by atoms with Gasteiger partial charge < -0.3 is 9.53 Å². The van der Waals surface area contributed by atoms with E-state index in [1.54, 1.807) is 0 Å². The van der Waals surface area contributed by atoms with Crippen molar-refractivity contribution in [1.29, 1.82) is 0 Å². The van der Waals surface area contributed by atoms with Gasteiger partial charge in [0.1, 0.15) is 0 Å². The van der Waals surface area contributed by atoms with E-state index in [9.17, 15) is 0 Å². The molecule has 0 fully saturated rings. The lowest BCUT2D eigenvalue weighted by Crippen LogP contribution is -2.39. The SMILES string of the molecule is CCC(CO)C/C=C/O[Si](C)(C)C(C)(C)C. The molecule has 96 valence electrons. The molecule has 1 atom stereocenters. The van der Waals surface area contributed by atoms with Crippen LogP contribution < -0.4 is 0 Å². The number of aliphatic hydroxyl groups is 1. The van der Waals surface area contributed by atoms with E-state index in [1.807, 2.05) is 12.3 Å². The van der Waals surface area contributed by atoms with E-state index in [0.717, 1.165) is 12.8 Å². The van der Waals surface area contributed by atoms with Crippen molar-refractivity contribution in [3.8, 4) is 0 Å². The lowest BCUT2D eigenvalue weighted by Gasteiger charge is -2.35. The van der Waals surface area contributed by atoms with Crippen LogP contribution in [0.15, 0.2) is 12.3 Å². The number of rotatable bonds is 6. The van der Waals surface area contributed by atoms with Crippen LogP contribution in [0.25, 0.3) is 0 Å². The summed E-state index contributed by atoms with van der Waals surface area (Å²) in [6.45, 7) is 13.5. The van der Waals surface area contributed by atoms with Crippen molar-refractivity contribution >= 4 is 8.32 Å². The third-order valence-electron chi connectivity index (χ3n) is 3.57.